The van der Waals surface area contributed by atoms with Crippen molar-refractivity contribution in [3.05, 3.63) is 12.4 Å². The molecule has 6 heteroatoms. The number of hydrogen-bond donors (Lipinski definition) is 1. The summed E-state index contributed by atoms with van der Waals surface area (Å²) < 4.78 is 2.05. The molecule has 0 aromatic carbocycles. The van der Waals surface area contributed by atoms with Crippen LogP contribution in [-0.4, -0.2) is 51.8 Å². The molecule has 0 radical (unpaired) electrons. The number of aryl methyl sites for hydroxylation is 1. The maximum atomic E-state index is 12.0. The van der Waals surface area contributed by atoms with Gasteiger partial charge < -0.3 is 14.8 Å². The first-order valence-corrected chi connectivity index (χ1v) is 8.37. The van der Waals surface area contributed by atoms with E-state index in [-0.39, 0.29) is 5.91 Å². The van der Waals surface area contributed by atoms with Gasteiger partial charge in [-0.25, -0.2) is 4.98 Å². The van der Waals surface area contributed by atoms with Gasteiger partial charge in [0.2, 0.25) is 5.91 Å². The summed E-state index contributed by atoms with van der Waals surface area (Å²) in [4.78, 5) is 18.7. The zero-order valence-corrected chi connectivity index (χ0v) is 13.2. The lowest BCUT2D eigenvalue weighted by molar-refractivity contribution is -0.119. The predicted molar refractivity (Wildman–Crippen MR) is 81.9 cm³/mol. The Morgan fingerprint density at radius 3 is 2.80 bits per heavy atom. The van der Waals surface area contributed by atoms with Crippen molar-refractivity contribution in [3.8, 4) is 0 Å². The summed E-state index contributed by atoms with van der Waals surface area (Å²) in [5.74, 6) is 0.570. The third kappa shape index (κ3) is 4.24. The van der Waals surface area contributed by atoms with Crippen LogP contribution >= 0.6 is 11.8 Å². The number of imidazole rings is 1. The number of nitrogens with zero attached hydrogens (tertiary/aromatic N) is 3. The maximum Gasteiger partial charge on any atom is 0.230 e. The van der Waals surface area contributed by atoms with Crippen LogP contribution in [0.15, 0.2) is 17.6 Å². The van der Waals surface area contributed by atoms with Gasteiger partial charge in [0, 0.05) is 38.1 Å². The first-order valence-electron chi connectivity index (χ1n) is 7.38. The maximum absolute atomic E-state index is 12.0. The second-order valence-corrected chi connectivity index (χ2v) is 6.00. The third-order valence-electron chi connectivity index (χ3n) is 3.75. The standard InChI is InChI=1S/C14H24N4OS/c1-3-17-8-5-12(6-9-17)16-13(19)11-20-14-15-7-10-18(14)4-2/h7,10,12H,3-6,8-9,11H2,1-2H3,(H,16,19). The second kappa shape index (κ2) is 7.69. The van der Waals surface area contributed by atoms with Crippen molar-refractivity contribution >= 4 is 17.7 Å². The van der Waals surface area contributed by atoms with Crippen LogP contribution in [0.2, 0.25) is 0 Å². The second-order valence-electron chi connectivity index (χ2n) is 5.06. The number of rotatable bonds is 6. The van der Waals surface area contributed by atoms with Gasteiger partial charge in [-0.1, -0.05) is 18.7 Å². The highest BCUT2D eigenvalue weighted by Gasteiger charge is 2.19. The Labute approximate surface area is 125 Å². The van der Waals surface area contributed by atoms with Gasteiger partial charge in [-0.15, -0.1) is 0 Å². The van der Waals surface area contributed by atoms with Gasteiger partial charge in [-0.05, 0) is 26.3 Å². The van der Waals surface area contributed by atoms with E-state index in [1.165, 1.54) is 11.8 Å². The molecule has 20 heavy (non-hydrogen) atoms. The van der Waals surface area contributed by atoms with Gasteiger partial charge in [0.05, 0.1) is 5.75 Å². The minimum absolute atomic E-state index is 0.121. The number of nitrogens with one attached hydrogen (secondary N) is 1. The first kappa shape index (κ1) is 15.4. The zero-order chi connectivity index (χ0) is 14.4. The van der Waals surface area contributed by atoms with Gasteiger partial charge in [-0.2, -0.15) is 0 Å². The average Bonchev–Trinajstić information content (AvgIpc) is 2.93. The van der Waals surface area contributed by atoms with Crippen molar-refractivity contribution in [3.63, 3.8) is 0 Å². The molecule has 1 amide bonds. The van der Waals surface area contributed by atoms with Gasteiger partial charge in [-0.3, -0.25) is 4.79 Å². The third-order valence-corrected chi connectivity index (χ3v) is 4.75. The molecule has 0 atom stereocenters. The van der Waals surface area contributed by atoms with Crippen LogP contribution in [0, 0.1) is 0 Å². The van der Waals surface area contributed by atoms with Gasteiger partial charge in [0.1, 0.15) is 0 Å². The molecule has 1 fully saturated rings. The summed E-state index contributed by atoms with van der Waals surface area (Å²) in [6.45, 7) is 8.44. The lowest BCUT2D eigenvalue weighted by atomic mass is 10.1. The van der Waals surface area contributed by atoms with Crippen molar-refractivity contribution in [1.29, 1.82) is 0 Å². The molecule has 0 unspecified atom stereocenters. The van der Waals surface area contributed by atoms with Crippen molar-refractivity contribution in [1.82, 2.24) is 19.8 Å². The highest BCUT2D eigenvalue weighted by Crippen LogP contribution is 2.16. The minimum atomic E-state index is 0.121. The van der Waals surface area contributed by atoms with Crippen LogP contribution in [0.1, 0.15) is 26.7 Å². The van der Waals surface area contributed by atoms with Crippen molar-refractivity contribution < 1.29 is 4.79 Å². The largest absolute Gasteiger partial charge is 0.353 e. The predicted octanol–water partition coefficient (Wildman–Crippen LogP) is 1.60. The van der Waals surface area contributed by atoms with Crippen molar-refractivity contribution in [2.24, 2.45) is 0 Å². The fourth-order valence-electron chi connectivity index (χ4n) is 2.47. The van der Waals surface area contributed by atoms with E-state index < -0.39 is 0 Å². The molecule has 112 valence electrons. The number of hydrogen-bond acceptors (Lipinski definition) is 4. The Hall–Kier alpha value is -1.01. The van der Waals surface area contributed by atoms with Crippen LogP contribution in [-0.2, 0) is 11.3 Å². The summed E-state index contributed by atoms with van der Waals surface area (Å²) in [7, 11) is 0. The Morgan fingerprint density at radius 2 is 2.15 bits per heavy atom. The molecule has 1 aromatic heterocycles. The van der Waals surface area contributed by atoms with Crippen LogP contribution in [0.3, 0.4) is 0 Å². The van der Waals surface area contributed by atoms with E-state index in [4.69, 9.17) is 0 Å². The number of carbonyl (C=O) groups is 1. The summed E-state index contributed by atoms with van der Waals surface area (Å²) in [5.41, 5.74) is 0. The lowest BCUT2D eigenvalue weighted by Gasteiger charge is -2.31. The smallest absolute Gasteiger partial charge is 0.230 e. The molecule has 5 nitrogen and oxygen atoms in total. The number of amides is 1. The number of carbonyl (C=O) groups excluding carboxylic acids is 1. The summed E-state index contributed by atoms with van der Waals surface area (Å²) in [6.07, 6.45) is 5.85. The Balaban J connectivity index is 1.71. The number of aromatic nitrogens is 2. The Kier molecular flexibility index (Phi) is 5.91. The van der Waals surface area contributed by atoms with Crippen molar-refractivity contribution in [2.45, 2.75) is 44.4 Å². The zero-order valence-electron chi connectivity index (χ0n) is 12.3. The molecule has 0 bridgehead atoms. The lowest BCUT2D eigenvalue weighted by Crippen LogP contribution is -2.45. The van der Waals surface area contributed by atoms with E-state index in [1.807, 2.05) is 6.20 Å². The topological polar surface area (TPSA) is 50.2 Å². The summed E-state index contributed by atoms with van der Waals surface area (Å²) in [5, 5.41) is 4.06. The molecule has 0 saturated carbocycles. The molecule has 1 saturated heterocycles. The number of thioether (sulfide) groups is 1. The average molecular weight is 296 g/mol. The molecule has 1 aromatic rings. The molecular weight excluding hydrogens is 272 g/mol. The SMILES string of the molecule is CCN1CCC(NC(=O)CSc2nccn2CC)CC1. The van der Waals surface area contributed by atoms with Crippen LogP contribution in [0.25, 0.3) is 0 Å². The minimum Gasteiger partial charge on any atom is -0.353 e. The van der Waals surface area contributed by atoms with Gasteiger partial charge in [0.25, 0.3) is 0 Å². The van der Waals surface area contributed by atoms with Gasteiger partial charge in [0.15, 0.2) is 5.16 Å². The van der Waals surface area contributed by atoms with Crippen LogP contribution in [0.4, 0.5) is 0 Å². The number of piperidine rings is 1. The highest BCUT2D eigenvalue weighted by atomic mass is 32.2. The Bertz CT molecular complexity index is 427. The Morgan fingerprint density at radius 1 is 1.40 bits per heavy atom. The van der Waals surface area contributed by atoms with Crippen LogP contribution < -0.4 is 5.32 Å². The van der Waals surface area contributed by atoms with E-state index in [1.54, 1.807) is 6.20 Å². The first-order chi connectivity index (χ1) is 9.72. The number of likely N-dealkylation sites (tertiary alicyclic amines) is 1. The van der Waals surface area contributed by atoms with E-state index in [9.17, 15) is 4.79 Å². The molecule has 1 N–H and O–H groups in total. The van der Waals surface area contributed by atoms with E-state index in [0.717, 1.165) is 44.2 Å². The fourth-order valence-corrected chi connectivity index (χ4v) is 3.30. The van der Waals surface area contributed by atoms with E-state index in [2.05, 4.69) is 33.6 Å². The quantitative estimate of drug-likeness (QED) is 0.810. The monoisotopic (exact) mass is 296 g/mol. The molecule has 0 aliphatic carbocycles. The van der Waals surface area contributed by atoms with Crippen LogP contribution in [0.5, 0.6) is 0 Å². The fraction of sp³-hybridized carbons (Fsp3) is 0.714. The molecule has 1 aliphatic rings. The molecule has 2 rings (SSSR count). The van der Waals surface area contributed by atoms with Crippen molar-refractivity contribution in [2.75, 3.05) is 25.4 Å². The molecule has 2 heterocycles. The van der Waals surface area contributed by atoms with E-state index in [0.29, 0.717) is 11.8 Å². The molecular formula is C14H24N4OS. The van der Waals surface area contributed by atoms with E-state index >= 15 is 0 Å². The molecule has 1 aliphatic heterocycles. The summed E-state index contributed by atoms with van der Waals surface area (Å²) >= 11 is 1.51. The normalized spacial score (nSPS) is 17.3. The molecule has 0 spiro atoms. The summed E-state index contributed by atoms with van der Waals surface area (Å²) in [6, 6.07) is 0.344. The van der Waals surface area contributed by atoms with Gasteiger partial charge >= 0.3 is 0 Å². The highest BCUT2D eigenvalue weighted by molar-refractivity contribution is 7.99.